The molecule has 1 heterocycles. The average molecular weight is 240 g/mol. The van der Waals surface area contributed by atoms with Crippen molar-refractivity contribution >= 4 is 23.3 Å². The van der Waals surface area contributed by atoms with Gasteiger partial charge in [-0.1, -0.05) is 12.2 Å². The highest BCUT2D eigenvalue weighted by atomic mass is 32.1. The van der Waals surface area contributed by atoms with Crippen molar-refractivity contribution in [1.82, 2.24) is 9.55 Å². The molecule has 2 aromatic rings. The van der Waals surface area contributed by atoms with Crippen LogP contribution in [0.25, 0.3) is 11.0 Å². The van der Waals surface area contributed by atoms with E-state index in [1.807, 2.05) is 0 Å². The van der Waals surface area contributed by atoms with Gasteiger partial charge in [0.1, 0.15) is 5.52 Å². The number of H-pyrrole nitrogens is 1. The van der Waals surface area contributed by atoms with Crippen molar-refractivity contribution in [2.45, 2.75) is 13.5 Å². The number of hydrogen-bond acceptors (Lipinski definition) is 1. The van der Waals surface area contributed by atoms with Gasteiger partial charge in [0.15, 0.2) is 16.4 Å². The molecule has 0 bridgehead atoms. The summed E-state index contributed by atoms with van der Waals surface area (Å²) in [5, 5.41) is 0. The zero-order valence-corrected chi connectivity index (χ0v) is 9.50. The zero-order valence-electron chi connectivity index (χ0n) is 8.68. The number of halogens is 2. The molecule has 0 aliphatic heterocycles. The Hall–Kier alpha value is -1.49. The number of nitrogens with zero attached hydrogens (tertiary/aromatic N) is 1. The van der Waals surface area contributed by atoms with Gasteiger partial charge in [0.2, 0.25) is 0 Å². The number of aromatic nitrogens is 2. The van der Waals surface area contributed by atoms with Gasteiger partial charge in [-0.15, -0.1) is 0 Å². The molecule has 5 heteroatoms. The van der Waals surface area contributed by atoms with Crippen LogP contribution in [0.1, 0.15) is 6.92 Å². The maximum atomic E-state index is 13.6. The molecule has 1 aromatic heterocycles. The molecule has 0 amide bonds. The maximum Gasteiger partial charge on any atom is 0.184 e. The van der Waals surface area contributed by atoms with Crippen molar-refractivity contribution in [2.75, 3.05) is 0 Å². The first-order valence-corrected chi connectivity index (χ1v) is 5.12. The van der Waals surface area contributed by atoms with E-state index in [2.05, 4.69) is 11.6 Å². The Morgan fingerprint density at radius 2 is 2.19 bits per heavy atom. The van der Waals surface area contributed by atoms with E-state index in [0.717, 1.165) is 11.6 Å². The topological polar surface area (TPSA) is 20.7 Å². The molecular formula is C11H10F2N2S. The third kappa shape index (κ3) is 1.67. The monoisotopic (exact) mass is 240 g/mol. The van der Waals surface area contributed by atoms with Crippen LogP contribution < -0.4 is 0 Å². The van der Waals surface area contributed by atoms with Gasteiger partial charge in [0.05, 0.1) is 5.52 Å². The average Bonchev–Trinajstić information content (AvgIpc) is 2.50. The lowest BCUT2D eigenvalue weighted by atomic mass is 10.2. The van der Waals surface area contributed by atoms with Gasteiger partial charge in [-0.25, -0.2) is 8.78 Å². The highest BCUT2D eigenvalue weighted by Gasteiger charge is 2.13. The summed E-state index contributed by atoms with van der Waals surface area (Å²) in [7, 11) is 0. The normalized spacial score (nSPS) is 10.9. The first-order chi connectivity index (χ1) is 7.50. The van der Waals surface area contributed by atoms with E-state index in [0.29, 0.717) is 16.8 Å². The molecule has 0 aliphatic rings. The second kappa shape index (κ2) is 3.83. The second-order valence-corrected chi connectivity index (χ2v) is 4.12. The third-order valence-electron chi connectivity index (χ3n) is 2.25. The number of aromatic amines is 1. The lowest BCUT2D eigenvalue weighted by molar-refractivity contribution is 0.512. The minimum Gasteiger partial charge on any atom is -0.330 e. The summed E-state index contributed by atoms with van der Waals surface area (Å²) in [5.74, 6) is -1.76. The molecule has 0 atom stereocenters. The Morgan fingerprint density at radius 1 is 1.50 bits per heavy atom. The first-order valence-electron chi connectivity index (χ1n) is 4.71. The Bertz CT molecular complexity index is 625. The van der Waals surface area contributed by atoms with Gasteiger partial charge >= 0.3 is 0 Å². The number of hydrogen-bond donors (Lipinski definition) is 1. The Morgan fingerprint density at radius 3 is 2.81 bits per heavy atom. The third-order valence-corrected chi connectivity index (χ3v) is 2.58. The molecule has 1 aromatic carbocycles. The highest BCUT2D eigenvalue weighted by Crippen LogP contribution is 2.21. The quantitative estimate of drug-likeness (QED) is 0.629. The zero-order chi connectivity index (χ0) is 11.9. The molecule has 0 unspecified atom stereocenters. The van der Waals surface area contributed by atoms with Gasteiger partial charge in [-0.2, -0.15) is 0 Å². The molecule has 2 rings (SSSR count). The molecule has 16 heavy (non-hydrogen) atoms. The molecule has 0 fully saturated rings. The fourth-order valence-electron chi connectivity index (χ4n) is 1.61. The minimum absolute atomic E-state index is 0.160. The van der Waals surface area contributed by atoms with Crippen molar-refractivity contribution in [3.05, 3.63) is 40.7 Å². The van der Waals surface area contributed by atoms with Crippen molar-refractivity contribution in [2.24, 2.45) is 0 Å². The predicted octanol–water partition coefficient (Wildman–Crippen LogP) is 3.55. The minimum atomic E-state index is -0.883. The Labute approximate surface area is 96.2 Å². The van der Waals surface area contributed by atoms with Crippen LogP contribution in [0.5, 0.6) is 0 Å². The fraction of sp³-hybridized carbons (Fsp3) is 0.182. The van der Waals surface area contributed by atoms with E-state index in [4.69, 9.17) is 12.2 Å². The summed E-state index contributed by atoms with van der Waals surface area (Å²) >= 11 is 5.05. The fourth-order valence-corrected chi connectivity index (χ4v) is 1.88. The summed E-state index contributed by atoms with van der Waals surface area (Å²) in [6.45, 7) is 5.91. The van der Waals surface area contributed by atoms with E-state index in [1.54, 1.807) is 6.92 Å². The molecule has 0 aliphatic carbocycles. The summed E-state index contributed by atoms with van der Waals surface area (Å²) in [4.78, 5) is 2.83. The molecule has 0 spiro atoms. The van der Waals surface area contributed by atoms with E-state index >= 15 is 0 Å². The smallest absolute Gasteiger partial charge is 0.184 e. The standard InChI is InChI=1S/C11H10F2N2S/c1-6(2)5-15-10-8(14-11(15)16)4-3-7(12)9(10)13/h3-4H,1,5H2,2H3,(H,14,16). The lowest BCUT2D eigenvalue weighted by Crippen LogP contribution is -2.00. The number of fused-ring (bicyclic) bond motifs is 1. The number of imidazole rings is 1. The van der Waals surface area contributed by atoms with Gasteiger partial charge in [-0.05, 0) is 31.3 Å². The van der Waals surface area contributed by atoms with Crippen LogP contribution in [0.3, 0.4) is 0 Å². The van der Waals surface area contributed by atoms with Crippen LogP contribution in [-0.2, 0) is 6.54 Å². The van der Waals surface area contributed by atoms with E-state index in [-0.39, 0.29) is 5.52 Å². The van der Waals surface area contributed by atoms with Crippen molar-refractivity contribution in [3.63, 3.8) is 0 Å². The molecule has 1 N–H and O–H groups in total. The maximum absolute atomic E-state index is 13.6. The molecule has 0 saturated heterocycles. The second-order valence-electron chi connectivity index (χ2n) is 3.73. The van der Waals surface area contributed by atoms with E-state index in [9.17, 15) is 8.78 Å². The molecule has 84 valence electrons. The van der Waals surface area contributed by atoms with Gasteiger partial charge in [0, 0.05) is 6.54 Å². The number of rotatable bonds is 2. The van der Waals surface area contributed by atoms with Gasteiger partial charge in [0.25, 0.3) is 0 Å². The van der Waals surface area contributed by atoms with E-state index in [1.165, 1.54) is 10.6 Å². The largest absolute Gasteiger partial charge is 0.330 e. The van der Waals surface area contributed by atoms with Crippen LogP contribution in [0, 0.1) is 16.4 Å². The van der Waals surface area contributed by atoms with Crippen LogP contribution in [0.2, 0.25) is 0 Å². The molecular weight excluding hydrogens is 230 g/mol. The number of allylic oxidation sites excluding steroid dienone is 1. The highest BCUT2D eigenvalue weighted by molar-refractivity contribution is 7.71. The first kappa shape index (κ1) is 11.0. The Balaban J connectivity index is 2.81. The van der Waals surface area contributed by atoms with Crippen molar-refractivity contribution in [1.29, 1.82) is 0 Å². The van der Waals surface area contributed by atoms with Crippen molar-refractivity contribution < 1.29 is 8.78 Å². The van der Waals surface area contributed by atoms with E-state index < -0.39 is 11.6 Å². The molecule has 0 saturated carbocycles. The summed E-state index contributed by atoms with van der Waals surface area (Å²) < 4.78 is 28.6. The summed E-state index contributed by atoms with van der Waals surface area (Å²) in [5.41, 5.74) is 1.47. The summed E-state index contributed by atoms with van der Waals surface area (Å²) in [6, 6.07) is 2.55. The Kier molecular flexibility index (Phi) is 2.63. The van der Waals surface area contributed by atoms with Crippen LogP contribution >= 0.6 is 12.2 Å². The predicted molar refractivity (Wildman–Crippen MR) is 61.9 cm³/mol. The number of benzene rings is 1. The van der Waals surface area contributed by atoms with Gasteiger partial charge in [-0.3, -0.25) is 0 Å². The van der Waals surface area contributed by atoms with Crippen LogP contribution in [0.15, 0.2) is 24.3 Å². The SMILES string of the molecule is C=C(C)Cn1c(=S)[nH]c2ccc(F)c(F)c21. The number of nitrogens with one attached hydrogen (secondary N) is 1. The van der Waals surface area contributed by atoms with Crippen molar-refractivity contribution in [3.8, 4) is 0 Å². The lowest BCUT2D eigenvalue weighted by Gasteiger charge is -2.04. The van der Waals surface area contributed by atoms with Crippen LogP contribution in [0.4, 0.5) is 8.78 Å². The van der Waals surface area contributed by atoms with Crippen LogP contribution in [-0.4, -0.2) is 9.55 Å². The van der Waals surface area contributed by atoms with Gasteiger partial charge < -0.3 is 9.55 Å². The molecule has 2 nitrogen and oxygen atoms in total. The summed E-state index contributed by atoms with van der Waals surface area (Å²) in [6.07, 6.45) is 0. The molecule has 0 radical (unpaired) electrons.